The molecule has 0 aliphatic rings. The molecule has 0 atom stereocenters. The van der Waals surface area contributed by atoms with E-state index in [-0.39, 0.29) is 0 Å². The lowest BCUT2D eigenvalue weighted by Gasteiger charge is -1.98. The number of rotatable bonds is 5. The predicted octanol–water partition coefficient (Wildman–Crippen LogP) is 2.87. The molecule has 0 unspecified atom stereocenters. The molecule has 0 aliphatic carbocycles. The largest absolute Gasteiger partial charge is 0.359 e. The third kappa shape index (κ3) is 2.79. The molecule has 0 radical (unpaired) electrons. The van der Waals surface area contributed by atoms with Crippen LogP contribution in [0.2, 0.25) is 0 Å². The second kappa shape index (κ2) is 5.72. The first-order valence-electron chi connectivity index (χ1n) is 5.61. The lowest BCUT2D eigenvalue weighted by Crippen LogP contribution is -2.25. The van der Waals surface area contributed by atoms with Crippen molar-refractivity contribution in [1.29, 1.82) is 0 Å². The summed E-state index contributed by atoms with van der Waals surface area (Å²) in [6, 6.07) is 9.46. The van der Waals surface area contributed by atoms with Crippen LogP contribution >= 0.6 is 11.8 Å². The van der Waals surface area contributed by atoms with Gasteiger partial charge in [0.1, 0.15) is 0 Å². The molecule has 5 heteroatoms. The van der Waals surface area contributed by atoms with Gasteiger partial charge in [-0.15, -0.1) is 0 Å². The van der Waals surface area contributed by atoms with Gasteiger partial charge in [0.25, 0.3) is 5.03 Å². The molecular weight excluding hydrogens is 236 g/mol. The van der Waals surface area contributed by atoms with Gasteiger partial charge in [-0.3, -0.25) is 4.63 Å². The zero-order valence-electron chi connectivity index (χ0n) is 9.63. The molecule has 1 aromatic carbocycles. The second-order valence-corrected chi connectivity index (χ2v) is 4.74. The molecule has 4 nitrogen and oxygen atoms in total. The van der Waals surface area contributed by atoms with Gasteiger partial charge in [-0.2, -0.15) is 0 Å². The quantitative estimate of drug-likeness (QED) is 0.465. The molecule has 0 saturated heterocycles. The highest BCUT2D eigenvalue weighted by Gasteiger charge is 2.20. The SMILES string of the molecule is CCCCSc1no[n+]([O-])c1-c1ccccc1. The molecule has 1 heterocycles. The van der Waals surface area contributed by atoms with Gasteiger partial charge in [0.2, 0.25) is 5.69 Å². The fourth-order valence-corrected chi connectivity index (χ4v) is 2.51. The van der Waals surface area contributed by atoms with Gasteiger partial charge in [0.15, 0.2) is 0 Å². The van der Waals surface area contributed by atoms with Crippen LogP contribution in [-0.2, 0) is 0 Å². The van der Waals surface area contributed by atoms with Crippen molar-refractivity contribution >= 4 is 11.8 Å². The van der Waals surface area contributed by atoms with Crippen molar-refractivity contribution in [2.75, 3.05) is 5.75 Å². The maximum atomic E-state index is 11.5. The van der Waals surface area contributed by atoms with Crippen molar-refractivity contribution in [3.63, 3.8) is 0 Å². The summed E-state index contributed by atoms with van der Waals surface area (Å²) in [5.74, 6) is 0.947. The molecule has 0 saturated carbocycles. The normalized spacial score (nSPS) is 10.6. The van der Waals surface area contributed by atoms with Crippen LogP contribution in [0.3, 0.4) is 0 Å². The van der Waals surface area contributed by atoms with Gasteiger partial charge >= 0.3 is 0 Å². The number of aromatic nitrogens is 2. The summed E-state index contributed by atoms with van der Waals surface area (Å²) in [5, 5.41) is 16.0. The van der Waals surface area contributed by atoms with Crippen molar-refractivity contribution in [3.05, 3.63) is 35.5 Å². The Morgan fingerprint density at radius 2 is 2.12 bits per heavy atom. The van der Waals surface area contributed by atoms with Gasteiger partial charge in [-0.05, 0) is 11.3 Å². The monoisotopic (exact) mass is 250 g/mol. The highest BCUT2D eigenvalue weighted by Crippen LogP contribution is 2.27. The molecule has 0 amide bonds. The van der Waals surface area contributed by atoms with Crippen LogP contribution in [0.25, 0.3) is 11.3 Å². The first-order chi connectivity index (χ1) is 8.33. The second-order valence-electron chi connectivity index (χ2n) is 3.65. The molecule has 0 N–H and O–H groups in total. The van der Waals surface area contributed by atoms with Crippen LogP contribution < -0.4 is 4.90 Å². The maximum Gasteiger partial charge on any atom is 0.282 e. The summed E-state index contributed by atoms with van der Waals surface area (Å²) < 4.78 is 4.67. The van der Waals surface area contributed by atoms with Crippen molar-refractivity contribution in [2.45, 2.75) is 24.8 Å². The minimum atomic E-state index is 0.476. The summed E-state index contributed by atoms with van der Waals surface area (Å²) in [6.45, 7) is 2.13. The zero-order chi connectivity index (χ0) is 12.1. The Bertz CT molecular complexity index is 471. The molecule has 0 aliphatic heterocycles. The maximum absolute atomic E-state index is 11.5. The van der Waals surface area contributed by atoms with Crippen LogP contribution in [-0.4, -0.2) is 10.9 Å². The van der Waals surface area contributed by atoms with Crippen molar-refractivity contribution in [1.82, 2.24) is 5.16 Å². The van der Waals surface area contributed by atoms with E-state index in [1.165, 1.54) is 0 Å². The smallest absolute Gasteiger partial charge is 0.282 e. The van der Waals surface area contributed by atoms with Crippen LogP contribution in [0.15, 0.2) is 40.0 Å². The van der Waals surface area contributed by atoms with E-state index in [9.17, 15) is 5.21 Å². The van der Waals surface area contributed by atoms with E-state index < -0.39 is 0 Å². The Morgan fingerprint density at radius 3 is 2.82 bits per heavy atom. The molecule has 0 fully saturated rings. The Labute approximate surface area is 104 Å². The first kappa shape index (κ1) is 12.0. The molecule has 2 aromatic rings. The molecule has 0 spiro atoms. The van der Waals surface area contributed by atoms with Gasteiger partial charge in [-0.1, -0.05) is 55.4 Å². The van der Waals surface area contributed by atoms with E-state index >= 15 is 0 Å². The van der Waals surface area contributed by atoms with Crippen LogP contribution in [0.1, 0.15) is 19.8 Å². The molecule has 1 aromatic heterocycles. The van der Waals surface area contributed by atoms with Gasteiger partial charge in [0.05, 0.1) is 5.16 Å². The lowest BCUT2D eigenvalue weighted by molar-refractivity contribution is -0.793. The van der Waals surface area contributed by atoms with Gasteiger partial charge in [0, 0.05) is 11.3 Å². The van der Waals surface area contributed by atoms with E-state index in [0.717, 1.165) is 24.2 Å². The molecule has 90 valence electrons. The fraction of sp³-hybridized carbons (Fsp3) is 0.333. The third-order valence-electron chi connectivity index (χ3n) is 2.37. The van der Waals surface area contributed by atoms with Gasteiger partial charge in [-0.25, -0.2) is 0 Å². The minimum Gasteiger partial charge on any atom is -0.359 e. The van der Waals surface area contributed by atoms with E-state index in [1.54, 1.807) is 11.8 Å². The number of unbranched alkanes of at least 4 members (excludes halogenated alkanes) is 1. The molecule has 0 bridgehead atoms. The highest BCUT2D eigenvalue weighted by atomic mass is 32.2. The lowest BCUT2D eigenvalue weighted by atomic mass is 10.2. The molecule has 2 rings (SSSR count). The zero-order valence-corrected chi connectivity index (χ0v) is 10.4. The van der Waals surface area contributed by atoms with Crippen molar-refractivity contribution in [3.8, 4) is 11.3 Å². The van der Waals surface area contributed by atoms with Crippen LogP contribution in [0, 0.1) is 5.21 Å². The molecular formula is C12H14N2O2S. The molecule has 17 heavy (non-hydrogen) atoms. The van der Waals surface area contributed by atoms with E-state index in [2.05, 4.69) is 16.7 Å². The minimum absolute atomic E-state index is 0.476. The Hall–Kier alpha value is -1.49. The number of benzene rings is 1. The summed E-state index contributed by atoms with van der Waals surface area (Å²) in [4.78, 5) is 0.476. The van der Waals surface area contributed by atoms with E-state index in [1.807, 2.05) is 30.3 Å². The van der Waals surface area contributed by atoms with Crippen molar-refractivity contribution < 1.29 is 9.53 Å². The number of thioether (sulfide) groups is 1. The van der Waals surface area contributed by atoms with E-state index in [0.29, 0.717) is 15.6 Å². The highest BCUT2D eigenvalue weighted by molar-refractivity contribution is 7.99. The van der Waals surface area contributed by atoms with Gasteiger partial charge < -0.3 is 5.21 Å². The Balaban J connectivity index is 2.24. The number of nitrogens with zero attached hydrogens (tertiary/aromatic N) is 2. The average Bonchev–Trinajstić information content (AvgIpc) is 2.72. The van der Waals surface area contributed by atoms with Crippen molar-refractivity contribution in [2.24, 2.45) is 0 Å². The fourth-order valence-electron chi connectivity index (χ4n) is 1.47. The Kier molecular flexibility index (Phi) is 4.03. The number of hydrogen-bond acceptors (Lipinski definition) is 4. The first-order valence-corrected chi connectivity index (χ1v) is 6.59. The van der Waals surface area contributed by atoms with E-state index in [4.69, 9.17) is 0 Å². The van der Waals surface area contributed by atoms with Crippen LogP contribution in [0.4, 0.5) is 0 Å². The predicted molar refractivity (Wildman–Crippen MR) is 66.5 cm³/mol. The Morgan fingerprint density at radius 1 is 1.35 bits per heavy atom. The summed E-state index contributed by atoms with van der Waals surface area (Å²) in [6.07, 6.45) is 2.23. The average molecular weight is 250 g/mol. The standard InChI is InChI=1S/C12H14N2O2S/c1-2-3-9-17-12-11(14(15)16-13-12)10-7-5-4-6-8-10/h4-8H,2-3,9H2,1H3. The summed E-state index contributed by atoms with van der Waals surface area (Å²) in [5.41, 5.74) is 1.34. The summed E-state index contributed by atoms with van der Waals surface area (Å²) >= 11 is 1.56. The third-order valence-corrected chi connectivity index (χ3v) is 3.40. The van der Waals surface area contributed by atoms with Crippen LogP contribution in [0.5, 0.6) is 0 Å². The summed E-state index contributed by atoms with van der Waals surface area (Å²) in [7, 11) is 0. The number of hydrogen-bond donors (Lipinski definition) is 0. The topological polar surface area (TPSA) is 53.0 Å².